The quantitative estimate of drug-likeness (QED) is 0.588. The summed E-state index contributed by atoms with van der Waals surface area (Å²) in [5.74, 6) is -1.26. The van der Waals surface area contributed by atoms with Crippen LogP contribution in [-0.4, -0.2) is 48.2 Å². The molecule has 15 heavy (non-hydrogen) atoms. The number of hydrogen-bond donors (Lipinski definition) is 3. The number of aliphatic carboxylic acids is 1. The summed E-state index contributed by atoms with van der Waals surface area (Å²) < 4.78 is 0. The third kappa shape index (κ3) is 3.39. The molecule has 4 N–H and O–H groups in total. The molecule has 0 radical (unpaired) electrons. The van der Waals surface area contributed by atoms with Crippen molar-refractivity contribution in [1.82, 2.24) is 10.2 Å². The number of urea groups is 1. The molecule has 1 aliphatic rings. The SMILES string of the molecule is NCCNC(=O)N1CCC[C@@H](C(=O)O)C1. The number of nitrogens with two attached hydrogens (primary N) is 1. The van der Waals surface area contributed by atoms with Gasteiger partial charge in [-0.15, -0.1) is 0 Å². The summed E-state index contributed by atoms with van der Waals surface area (Å²) in [6.45, 7) is 1.74. The molecule has 2 amide bonds. The van der Waals surface area contributed by atoms with E-state index >= 15 is 0 Å². The Hall–Kier alpha value is -1.30. The van der Waals surface area contributed by atoms with Crippen LogP contribution in [0, 0.1) is 5.92 Å². The molecular formula is C9H17N3O3. The second-order valence-corrected chi connectivity index (χ2v) is 3.64. The van der Waals surface area contributed by atoms with E-state index in [1.54, 1.807) is 0 Å². The minimum Gasteiger partial charge on any atom is -0.481 e. The first-order chi connectivity index (χ1) is 7.15. The van der Waals surface area contributed by atoms with Gasteiger partial charge in [0, 0.05) is 26.2 Å². The number of nitrogens with zero attached hydrogens (tertiary/aromatic N) is 1. The largest absolute Gasteiger partial charge is 0.481 e. The van der Waals surface area contributed by atoms with Crippen LogP contribution in [0.2, 0.25) is 0 Å². The minimum absolute atomic E-state index is 0.216. The molecule has 1 saturated heterocycles. The van der Waals surface area contributed by atoms with Crippen molar-refractivity contribution in [2.75, 3.05) is 26.2 Å². The molecule has 0 bridgehead atoms. The summed E-state index contributed by atoms with van der Waals surface area (Å²) in [6.07, 6.45) is 1.39. The molecule has 6 nitrogen and oxygen atoms in total. The topological polar surface area (TPSA) is 95.7 Å². The van der Waals surface area contributed by atoms with Crippen molar-refractivity contribution >= 4 is 12.0 Å². The van der Waals surface area contributed by atoms with E-state index in [9.17, 15) is 9.59 Å². The van der Waals surface area contributed by atoms with Crippen molar-refractivity contribution in [2.24, 2.45) is 11.7 Å². The standard InChI is InChI=1S/C9H17N3O3/c10-3-4-11-9(15)12-5-1-2-7(6-12)8(13)14/h7H,1-6,10H2,(H,11,15)(H,13,14)/t7-/m1/s1. The highest BCUT2D eigenvalue weighted by atomic mass is 16.4. The van der Waals surface area contributed by atoms with Gasteiger partial charge >= 0.3 is 12.0 Å². The van der Waals surface area contributed by atoms with Crippen LogP contribution in [-0.2, 0) is 4.79 Å². The summed E-state index contributed by atoms with van der Waals surface area (Å²) in [5.41, 5.74) is 5.25. The third-order valence-corrected chi connectivity index (χ3v) is 2.48. The van der Waals surface area contributed by atoms with Crippen LogP contribution in [0.5, 0.6) is 0 Å². The predicted octanol–water partition coefficient (Wildman–Crippen LogP) is -0.549. The van der Waals surface area contributed by atoms with Crippen molar-refractivity contribution in [2.45, 2.75) is 12.8 Å². The Kier molecular flexibility index (Phi) is 4.36. The number of carbonyl (C=O) groups excluding carboxylic acids is 1. The summed E-state index contributed by atoms with van der Waals surface area (Å²) in [5, 5.41) is 11.5. The lowest BCUT2D eigenvalue weighted by Crippen LogP contribution is -2.47. The smallest absolute Gasteiger partial charge is 0.317 e. The zero-order chi connectivity index (χ0) is 11.3. The van der Waals surface area contributed by atoms with Crippen molar-refractivity contribution in [3.8, 4) is 0 Å². The van der Waals surface area contributed by atoms with Gasteiger partial charge in [0.15, 0.2) is 0 Å². The predicted molar refractivity (Wildman–Crippen MR) is 54.4 cm³/mol. The summed E-state index contributed by atoms with van der Waals surface area (Å²) in [7, 11) is 0. The van der Waals surface area contributed by atoms with Gasteiger partial charge in [0.25, 0.3) is 0 Å². The number of rotatable bonds is 3. The monoisotopic (exact) mass is 215 g/mol. The Bertz CT molecular complexity index is 245. The molecule has 1 fully saturated rings. The van der Waals surface area contributed by atoms with Crippen LogP contribution in [0.25, 0.3) is 0 Å². The zero-order valence-corrected chi connectivity index (χ0v) is 8.61. The molecule has 0 saturated carbocycles. The van der Waals surface area contributed by atoms with E-state index in [4.69, 9.17) is 10.8 Å². The maximum atomic E-state index is 11.5. The number of carbonyl (C=O) groups is 2. The van der Waals surface area contributed by atoms with Gasteiger partial charge in [0.05, 0.1) is 5.92 Å². The molecule has 86 valence electrons. The lowest BCUT2D eigenvalue weighted by atomic mass is 9.99. The maximum absolute atomic E-state index is 11.5. The van der Waals surface area contributed by atoms with E-state index in [1.165, 1.54) is 4.90 Å². The fourth-order valence-electron chi connectivity index (χ4n) is 1.65. The second-order valence-electron chi connectivity index (χ2n) is 3.64. The first-order valence-electron chi connectivity index (χ1n) is 5.10. The van der Waals surface area contributed by atoms with Crippen LogP contribution in [0.1, 0.15) is 12.8 Å². The van der Waals surface area contributed by atoms with Gasteiger partial charge in [-0.3, -0.25) is 4.79 Å². The van der Waals surface area contributed by atoms with Gasteiger partial charge in [-0.2, -0.15) is 0 Å². The highest BCUT2D eigenvalue weighted by molar-refractivity contribution is 5.76. The number of carboxylic acids is 1. The molecule has 1 rings (SSSR count). The summed E-state index contributed by atoms with van der Waals surface area (Å²) >= 11 is 0. The van der Waals surface area contributed by atoms with Crippen LogP contribution >= 0.6 is 0 Å². The Morgan fingerprint density at radius 1 is 1.53 bits per heavy atom. The fourth-order valence-corrected chi connectivity index (χ4v) is 1.65. The lowest BCUT2D eigenvalue weighted by Gasteiger charge is -2.30. The highest BCUT2D eigenvalue weighted by Gasteiger charge is 2.27. The molecular weight excluding hydrogens is 198 g/mol. The Labute approximate surface area is 88.4 Å². The zero-order valence-electron chi connectivity index (χ0n) is 8.61. The molecule has 0 spiro atoms. The average Bonchev–Trinajstić information content (AvgIpc) is 2.26. The number of amides is 2. The Balaban J connectivity index is 2.41. The van der Waals surface area contributed by atoms with E-state index in [0.717, 1.165) is 6.42 Å². The molecule has 0 aromatic heterocycles. The number of carboxylic acid groups (broad SMARTS) is 1. The summed E-state index contributed by atoms with van der Waals surface area (Å²) in [6, 6.07) is -0.216. The van der Waals surface area contributed by atoms with E-state index in [2.05, 4.69) is 5.32 Å². The molecule has 1 heterocycles. The maximum Gasteiger partial charge on any atom is 0.317 e. The van der Waals surface area contributed by atoms with Crippen LogP contribution in [0.15, 0.2) is 0 Å². The fraction of sp³-hybridized carbons (Fsp3) is 0.778. The van der Waals surface area contributed by atoms with E-state index in [1.807, 2.05) is 0 Å². The van der Waals surface area contributed by atoms with Gasteiger partial charge in [-0.25, -0.2) is 4.79 Å². The second kappa shape index (κ2) is 5.55. The molecule has 0 aliphatic carbocycles. The number of nitrogens with one attached hydrogen (secondary N) is 1. The molecule has 1 aliphatic heterocycles. The third-order valence-electron chi connectivity index (χ3n) is 2.48. The van der Waals surface area contributed by atoms with Crippen LogP contribution in [0.3, 0.4) is 0 Å². The number of piperidine rings is 1. The molecule has 0 aromatic carbocycles. The van der Waals surface area contributed by atoms with Crippen LogP contribution < -0.4 is 11.1 Å². The van der Waals surface area contributed by atoms with Crippen molar-refractivity contribution < 1.29 is 14.7 Å². The van der Waals surface area contributed by atoms with Crippen molar-refractivity contribution in [3.05, 3.63) is 0 Å². The van der Waals surface area contributed by atoms with Gasteiger partial charge in [0.1, 0.15) is 0 Å². The van der Waals surface area contributed by atoms with Gasteiger partial charge in [-0.1, -0.05) is 0 Å². The highest BCUT2D eigenvalue weighted by Crippen LogP contribution is 2.16. The first kappa shape index (κ1) is 11.8. The Morgan fingerprint density at radius 3 is 2.87 bits per heavy atom. The number of hydrogen-bond acceptors (Lipinski definition) is 3. The van der Waals surface area contributed by atoms with E-state index < -0.39 is 11.9 Å². The lowest BCUT2D eigenvalue weighted by molar-refractivity contribution is -0.143. The van der Waals surface area contributed by atoms with Crippen LogP contribution in [0.4, 0.5) is 4.79 Å². The minimum atomic E-state index is -0.827. The normalized spacial score (nSPS) is 21.1. The molecule has 0 unspecified atom stereocenters. The van der Waals surface area contributed by atoms with Crippen molar-refractivity contribution in [1.29, 1.82) is 0 Å². The molecule has 1 atom stereocenters. The van der Waals surface area contributed by atoms with Gasteiger partial charge in [-0.05, 0) is 12.8 Å². The van der Waals surface area contributed by atoms with Gasteiger partial charge in [0.2, 0.25) is 0 Å². The van der Waals surface area contributed by atoms with Crippen molar-refractivity contribution in [3.63, 3.8) is 0 Å². The van der Waals surface area contributed by atoms with E-state index in [0.29, 0.717) is 32.6 Å². The molecule has 0 aromatic rings. The number of likely N-dealkylation sites (tertiary alicyclic amines) is 1. The average molecular weight is 215 g/mol. The Morgan fingerprint density at radius 2 is 2.27 bits per heavy atom. The van der Waals surface area contributed by atoms with E-state index in [-0.39, 0.29) is 6.03 Å². The van der Waals surface area contributed by atoms with Gasteiger partial charge < -0.3 is 21.1 Å². The summed E-state index contributed by atoms with van der Waals surface area (Å²) in [4.78, 5) is 23.8. The molecule has 6 heteroatoms. The first-order valence-corrected chi connectivity index (χ1v) is 5.10.